The van der Waals surface area contributed by atoms with E-state index in [0.29, 0.717) is 17.4 Å². The topological polar surface area (TPSA) is 93.6 Å². The van der Waals surface area contributed by atoms with Crippen LogP contribution in [0.5, 0.6) is 0 Å². The molecule has 0 saturated carbocycles. The molecule has 8 nitrogen and oxygen atoms in total. The van der Waals surface area contributed by atoms with Crippen LogP contribution in [-0.4, -0.2) is 40.2 Å². The van der Waals surface area contributed by atoms with Gasteiger partial charge in [0.1, 0.15) is 12.0 Å². The van der Waals surface area contributed by atoms with Crippen molar-refractivity contribution < 1.29 is 4.18 Å². The van der Waals surface area contributed by atoms with E-state index in [0.717, 1.165) is 47.9 Å². The highest BCUT2D eigenvalue weighted by atomic mass is 32.2. The number of rotatable bonds is 3. The molecule has 0 radical (unpaired) electrons. The van der Waals surface area contributed by atoms with Gasteiger partial charge in [-0.25, -0.2) is 9.98 Å². The van der Waals surface area contributed by atoms with Crippen molar-refractivity contribution in [3.63, 3.8) is 0 Å². The first-order valence-electron chi connectivity index (χ1n) is 11.8. The van der Waals surface area contributed by atoms with E-state index in [1.807, 2.05) is 29.9 Å². The van der Waals surface area contributed by atoms with Gasteiger partial charge in [-0.1, -0.05) is 13.0 Å². The number of aromatic nitrogens is 3. The third kappa shape index (κ3) is 5.47. The minimum absolute atomic E-state index is 0.0169. The Hall–Kier alpha value is -2.78. The van der Waals surface area contributed by atoms with E-state index in [-0.39, 0.29) is 5.54 Å². The molecule has 2 atom stereocenters. The summed E-state index contributed by atoms with van der Waals surface area (Å²) in [6.07, 6.45) is 12.0. The van der Waals surface area contributed by atoms with Crippen molar-refractivity contribution in [2.75, 3.05) is 18.6 Å². The molecule has 1 saturated heterocycles. The van der Waals surface area contributed by atoms with Gasteiger partial charge in [0.2, 0.25) is 0 Å². The zero-order valence-corrected chi connectivity index (χ0v) is 21.4. The third-order valence-corrected chi connectivity index (χ3v) is 7.81. The van der Waals surface area contributed by atoms with E-state index in [9.17, 15) is 0 Å². The quantitative estimate of drug-likeness (QED) is 0.499. The van der Waals surface area contributed by atoms with Crippen LogP contribution in [0.4, 0.5) is 11.6 Å². The normalized spacial score (nSPS) is 23.4. The number of anilines is 1. The van der Waals surface area contributed by atoms with E-state index in [4.69, 9.17) is 14.9 Å². The highest BCUT2D eigenvalue weighted by molar-refractivity contribution is 7.90. The fourth-order valence-corrected chi connectivity index (χ4v) is 5.86. The molecule has 1 fully saturated rings. The van der Waals surface area contributed by atoms with Gasteiger partial charge in [0.25, 0.3) is 4.90 Å². The summed E-state index contributed by atoms with van der Waals surface area (Å²) in [5, 5.41) is 4.54. The maximum Gasteiger partial charge on any atom is 0.309 e. The number of allylic oxidation sites excluding steroid dienone is 2. The van der Waals surface area contributed by atoms with E-state index in [1.54, 1.807) is 19.4 Å². The number of nitrogens with one attached hydrogen (secondary N) is 1. The van der Waals surface area contributed by atoms with Gasteiger partial charge in [0.15, 0.2) is 5.82 Å². The zero-order chi connectivity index (χ0) is 24.3. The first kappa shape index (κ1) is 24.3. The molecule has 4 heterocycles. The molecule has 2 aliphatic heterocycles. The Balaban J connectivity index is 1.75. The van der Waals surface area contributed by atoms with Gasteiger partial charge in [0, 0.05) is 36.1 Å². The first-order valence-corrected chi connectivity index (χ1v) is 12.9. The first-order chi connectivity index (χ1) is 16.3. The van der Waals surface area contributed by atoms with Crippen LogP contribution in [0.25, 0.3) is 5.70 Å². The molecule has 9 heteroatoms. The molecular formula is C25H36N7OS+. The average molecular weight is 483 g/mol. The SMILES string of the molecule is C=C1N[S+](OC)c2cnn(c2)CCCCC2CN(c3nc(N=CC=C(C)N)ccc31)C(C)(C)C2. The van der Waals surface area contributed by atoms with Crippen molar-refractivity contribution in [1.82, 2.24) is 19.5 Å². The molecule has 0 amide bonds. The Morgan fingerprint density at radius 2 is 2.21 bits per heavy atom. The van der Waals surface area contributed by atoms with Crippen molar-refractivity contribution in [2.45, 2.75) is 63.4 Å². The second-order valence-electron chi connectivity index (χ2n) is 9.67. The molecule has 2 aliphatic rings. The summed E-state index contributed by atoms with van der Waals surface area (Å²) in [5.41, 5.74) is 8.15. The van der Waals surface area contributed by atoms with Crippen LogP contribution in [0.15, 0.2) is 52.8 Å². The van der Waals surface area contributed by atoms with Gasteiger partial charge in [-0.15, -0.1) is 4.18 Å². The minimum Gasteiger partial charge on any atom is -0.402 e. The summed E-state index contributed by atoms with van der Waals surface area (Å²) in [5.74, 6) is 2.17. The van der Waals surface area contributed by atoms with Crippen LogP contribution in [0.1, 0.15) is 52.0 Å². The number of aliphatic imine (C=N–C) groups is 1. The lowest BCUT2D eigenvalue weighted by molar-refractivity contribution is 0.429. The standard InChI is InChI=1S/C25H36N7OS/c1-18(26)11-12-27-23-10-9-22-19(2)30-34(33-5)21-15-28-31(17-21)13-7-6-8-20-14-25(3,4)32(16-20)24(22)29-23/h9-12,15,17,20,30H,2,6-8,13-14,16,26H2,1,3-5H3/q+1. The van der Waals surface area contributed by atoms with Gasteiger partial charge in [-0.3, -0.25) is 4.68 Å². The lowest BCUT2D eigenvalue weighted by Crippen LogP contribution is -2.39. The number of aryl methyl sites for hydroxylation is 1. The largest absolute Gasteiger partial charge is 0.402 e. The Morgan fingerprint density at radius 1 is 1.38 bits per heavy atom. The summed E-state index contributed by atoms with van der Waals surface area (Å²) in [6, 6.07) is 3.96. The lowest BCUT2D eigenvalue weighted by atomic mass is 9.93. The molecule has 2 aromatic rings. The van der Waals surface area contributed by atoms with Crippen LogP contribution in [0.3, 0.4) is 0 Å². The third-order valence-electron chi connectivity index (χ3n) is 6.40. The number of hydrogen-bond donors (Lipinski definition) is 2. The molecule has 0 spiro atoms. The molecule has 2 unspecified atom stereocenters. The monoisotopic (exact) mass is 482 g/mol. The van der Waals surface area contributed by atoms with Crippen LogP contribution >= 0.6 is 0 Å². The van der Waals surface area contributed by atoms with E-state index < -0.39 is 11.4 Å². The molecule has 34 heavy (non-hydrogen) atoms. The molecular weight excluding hydrogens is 446 g/mol. The average Bonchev–Trinajstić information content (AvgIpc) is 3.37. The maximum absolute atomic E-state index is 5.79. The lowest BCUT2D eigenvalue weighted by Gasteiger charge is -2.34. The van der Waals surface area contributed by atoms with Gasteiger partial charge >= 0.3 is 11.4 Å². The number of nitrogens with two attached hydrogens (primary N) is 1. The number of fused-ring (bicyclic) bond motifs is 6. The van der Waals surface area contributed by atoms with Gasteiger partial charge in [0.05, 0.1) is 19.0 Å². The minimum atomic E-state index is -0.675. The van der Waals surface area contributed by atoms with Gasteiger partial charge < -0.3 is 10.6 Å². The van der Waals surface area contributed by atoms with Crippen molar-refractivity contribution >= 4 is 34.9 Å². The molecule has 0 aliphatic carbocycles. The highest BCUT2D eigenvalue weighted by Crippen LogP contribution is 2.41. The Bertz CT molecular complexity index is 1090. The van der Waals surface area contributed by atoms with Crippen molar-refractivity contribution in [1.29, 1.82) is 0 Å². The molecule has 4 rings (SSSR count). The van der Waals surface area contributed by atoms with Crippen LogP contribution < -0.4 is 15.4 Å². The second kappa shape index (κ2) is 10.2. The fourth-order valence-electron chi connectivity index (χ4n) is 4.77. The second-order valence-corrected chi connectivity index (χ2v) is 11.2. The van der Waals surface area contributed by atoms with Gasteiger partial charge in [-0.05, 0) is 64.2 Å². The predicted octanol–water partition coefficient (Wildman–Crippen LogP) is 4.35. The molecule has 0 aromatic carbocycles. The smallest absolute Gasteiger partial charge is 0.309 e. The molecule has 4 bridgehead atoms. The highest BCUT2D eigenvalue weighted by Gasteiger charge is 2.40. The predicted molar refractivity (Wildman–Crippen MR) is 141 cm³/mol. The Kier molecular flexibility index (Phi) is 7.33. The van der Waals surface area contributed by atoms with Crippen LogP contribution in [0, 0.1) is 5.92 Å². The molecule has 3 N–H and O–H groups in total. The zero-order valence-electron chi connectivity index (χ0n) is 20.6. The Labute approximate surface area is 205 Å². The van der Waals surface area contributed by atoms with E-state index in [1.165, 1.54) is 12.8 Å². The maximum atomic E-state index is 5.79. The van der Waals surface area contributed by atoms with E-state index in [2.05, 4.69) is 46.3 Å². The molecule has 2 aromatic heterocycles. The van der Waals surface area contributed by atoms with Crippen LogP contribution in [-0.2, 0) is 22.1 Å². The van der Waals surface area contributed by atoms with Crippen LogP contribution in [0.2, 0.25) is 0 Å². The Morgan fingerprint density at radius 3 is 2.97 bits per heavy atom. The van der Waals surface area contributed by atoms with Gasteiger partial charge in [-0.2, -0.15) is 9.82 Å². The number of pyridine rings is 1. The summed E-state index contributed by atoms with van der Waals surface area (Å²) < 4.78 is 11.3. The number of nitrogens with zero attached hydrogens (tertiary/aromatic N) is 5. The van der Waals surface area contributed by atoms with Crippen molar-refractivity contribution in [3.05, 3.63) is 48.4 Å². The van der Waals surface area contributed by atoms with E-state index >= 15 is 0 Å². The summed E-state index contributed by atoms with van der Waals surface area (Å²) in [4.78, 5) is 12.9. The van der Waals surface area contributed by atoms with Crippen molar-refractivity contribution in [3.8, 4) is 0 Å². The summed E-state index contributed by atoms with van der Waals surface area (Å²) >= 11 is -0.675. The number of hydrogen-bond acceptors (Lipinski definition) is 7. The summed E-state index contributed by atoms with van der Waals surface area (Å²) in [6.45, 7) is 12.7. The fraction of sp³-hybridized carbons (Fsp3) is 0.480. The van der Waals surface area contributed by atoms with Crippen molar-refractivity contribution in [2.24, 2.45) is 16.6 Å². The molecule has 182 valence electrons. The summed E-state index contributed by atoms with van der Waals surface area (Å²) in [7, 11) is 1.70.